The molecule has 0 aliphatic heterocycles. The Balaban J connectivity index is 2.13. The highest BCUT2D eigenvalue weighted by Gasteiger charge is 2.47. The summed E-state index contributed by atoms with van der Waals surface area (Å²) in [5.74, 6) is 2.24. The molecule has 0 fully saturated rings. The van der Waals surface area contributed by atoms with Crippen molar-refractivity contribution >= 4 is 25.8 Å². The Morgan fingerprint density at radius 3 is 1.90 bits per heavy atom. The van der Waals surface area contributed by atoms with Gasteiger partial charge in [0.15, 0.2) is 0 Å². The average Bonchev–Trinajstić information content (AvgIpc) is 2.75. The van der Waals surface area contributed by atoms with E-state index >= 15 is 0 Å². The normalized spacial score (nSPS) is 13.7. The van der Waals surface area contributed by atoms with E-state index in [0.717, 1.165) is 17.1 Å². The van der Waals surface area contributed by atoms with Crippen molar-refractivity contribution in [2.45, 2.75) is 64.3 Å². The minimum atomic E-state index is -2.08. The molecule has 1 N–H and O–H groups in total. The standard InChI is InChI=1S/C26H38O3SSi/c1-20(2)31(21(3)4,22(5)6)29-26(23-13-9-7-10-14-23)19-30-18-24(27)17-28-25-15-11-8-12-16-25/h7-16,19-22,24,27H,17-18H2,1-6H3/b26-19-/t24-/m0/s1. The molecule has 0 amide bonds. The molecule has 0 radical (unpaired) electrons. The van der Waals surface area contributed by atoms with Crippen molar-refractivity contribution in [2.24, 2.45) is 0 Å². The quantitative estimate of drug-likeness (QED) is 0.266. The first kappa shape index (κ1) is 25.6. The molecule has 0 heterocycles. The predicted octanol–water partition coefficient (Wildman–Crippen LogP) is 7.35. The number of hydrogen-bond donors (Lipinski definition) is 1. The molecule has 170 valence electrons. The van der Waals surface area contributed by atoms with Gasteiger partial charge in [0.25, 0.3) is 8.32 Å². The van der Waals surface area contributed by atoms with Gasteiger partial charge in [-0.25, -0.2) is 0 Å². The van der Waals surface area contributed by atoms with E-state index in [9.17, 15) is 5.11 Å². The lowest BCUT2D eigenvalue weighted by atomic mass is 10.2. The third-order valence-electron chi connectivity index (χ3n) is 5.72. The van der Waals surface area contributed by atoms with Crippen LogP contribution in [0.1, 0.15) is 47.1 Å². The van der Waals surface area contributed by atoms with Gasteiger partial charge >= 0.3 is 0 Å². The smallest absolute Gasteiger partial charge is 0.258 e. The molecule has 0 saturated heterocycles. The van der Waals surface area contributed by atoms with Crippen LogP contribution in [-0.4, -0.2) is 31.9 Å². The zero-order valence-corrected chi connectivity index (χ0v) is 21.6. The Kier molecular flexibility index (Phi) is 10.2. The van der Waals surface area contributed by atoms with E-state index in [2.05, 4.69) is 59.1 Å². The molecule has 0 spiro atoms. The third-order valence-corrected chi connectivity index (χ3v) is 12.7. The number of hydrogen-bond acceptors (Lipinski definition) is 4. The second-order valence-corrected chi connectivity index (χ2v) is 15.2. The maximum Gasteiger partial charge on any atom is 0.258 e. The van der Waals surface area contributed by atoms with Crippen LogP contribution >= 0.6 is 11.8 Å². The predicted molar refractivity (Wildman–Crippen MR) is 137 cm³/mol. The molecule has 0 aliphatic rings. The first-order valence-corrected chi connectivity index (χ1v) is 14.4. The summed E-state index contributed by atoms with van der Waals surface area (Å²) in [6.45, 7) is 14.1. The maximum absolute atomic E-state index is 10.4. The first-order valence-electron chi connectivity index (χ1n) is 11.2. The van der Waals surface area contributed by atoms with Gasteiger partial charge in [0.2, 0.25) is 0 Å². The van der Waals surface area contributed by atoms with E-state index in [4.69, 9.17) is 9.16 Å². The molecule has 2 aromatic rings. The molecular weight excluding hydrogens is 420 g/mol. The molecule has 31 heavy (non-hydrogen) atoms. The van der Waals surface area contributed by atoms with Gasteiger partial charge in [0, 0.05) is 16.7 Å². The van der Waals surface area contributed by atoms with Gasteiger partial charge in [-0.15, -0.1) is 11.8 Å². The molecular formula is C26H38O3SSi. The SMILES string of the molecule is CC(C)[Si](O/C(=C\SC[C@@H](O)COc1ccccc1)c1ccccc1)(C(C)C)C(C)C. The van der Waals surface area contributed by atoms with Gasteiger partial charge in [-0.3, -0.25) is 0 Å². The lowest BCUT2D eigenvalue weighted by Gasteiger charge is -2.43. The Bertz CT molecular complexity index is 769. The van der Waals surface area contributed by atoms with E-state index in [1.807, 2.05) is 48.5 Å². The van der Waals surface area contributed by atoms with E-state index in [-0.39, 0.29) is 6.61 Å². The number of thioether (sulfide) groups is 1. The molecule has 2 aromatic carbocycles. The van der Waals surface area contributed by atoms with Crippen LogP contribution in [0, 0.1) is 0 Å². The molecule has 0 unspecified atom stereocenters. The topological polar surface area (TPSA) is 38.7 Å². The highest BCUT2D eigenvalue weighted by atomic mass is 32.2. The van der Waals surface area contributed by atoms with Crippen LogP contribution in [0.5, 0.6) is 5.75 Å². The second kappa shape index (κ2) is 12.4. The van der Waals surface area contributed by atoms with E-state index in [0.29, 0.717) is 22.4 Å². The van der Waals surface area contributed by atoms with Crippen LogP contribution in [0.2, 0.25) is 16.6 Å². The summed E-state index contributed by atoms with van der Waals surface area (Å²) in [4.78, 5) is 0. The summed E-state index contributed by atoms with van der Waals surface area (Å²) in [5, 5.41) is 12.5. The number of aliphatic hydroxyl groups is 1. The van der Waals surface area contributed by atoms with Crippen LogP contribution in [0.4, 0.5) is 0 Å². The van der Waals surface area contributed by atoms with Gasteiger partial charge in [-0.2, -0.15) is 0 Å². The molecule has 0 bridgehead atoms. The average molecular weight is 459 g/mol. The van der Waals surface area contributed by atoms with Crippen molar-refractivity contribution in [2.75, 3.05) is 12.4 Å². The zero-order chi connectivity index (χ0) is 22.9. The summed E-state index contributed by atoms with van der Waals surface area (Å²) >= 11 is 1.58. The lowest BCUT2D eigenvalue weighted by Crippen LogP contribution is -2.47. The minimum absolute atomic E-state index is 0.273. The van der Waals surface area contributed by atoms with Crippen molar-refractivity contribution in [1.82, 2.24) is 0 Å². The third kappa shape index (κ3) is 7.16. The van der Waals surface area contributed by atoms with Crippen molar-refractivity contribution in [3.05, 3.63) is 71.6 Å². The molecule has 0 saturated carbocycles. The van der Waals surface area contributed by atoms with Crippen molar-refractivity contribution in [1.29, 1.82) is 0 Å². The van der Waals surface area contributed by atoms with Gasteiger partial charge in [-0.1, -0.05) is 90.1 Å². The number of benzene rings is 2. The summed E-state index contributed by atoms with van der Waals surface area (Å²) in [5.41, 5.74) is 2.57. The number of para-hydroxylation sites is 1. The fraction of sp³-hybridized carbons (Fsp3) is 0.462. The van der Waals surface area contributed by atoms with E-state index in [1.165, 1.54) is 0 Å². The Hall–Kier alpha value is -1.69. The minimum Gasteiger partial charge on any atom is -0.542 e. The Labute approximate surface area is 194 Å². The van der Waals surface area contributed by atoms with Crippen molar-refractivity contribution < 1.29 is 14.3 Å². The van der Waals surface area contributed by atoms with Crippen molar-refractivity contribution in [3.63, 3.8) is 0 Å². The summed E-state index contributed by atoms with van der Waals surface area (Å²) in [7, 11) is -2.08. The zero-order valence-electron chi connectivity index (χ0n) is 19.7. The molecule has 5 heteroatoms. The maximum atomic E-state index is 10.4. The highest BCUT2D eigenvalue weighted by molar-refractivity contribution is 8.02. The second-order valence-electron chi connectivity index (χ2n) is 8.88. The lowest BCUT2D eigenvalue weighted by molar-refractivity contribution is 0.126. The number of rotatable bonds is 12. The summed E-state index contributed by atoms with van der Waals surface area (Å²) in [6.07, 6.45) is -0.555. The van der Waals surface area contributed by atoms with Crippen LogP contribution in [0.15, 0.2) is 66.1 Å². The fourth-order valence-corrected chi connectivity index (χ4v) is 10.4. The molecule has 2 rings (SSSR count). The summed E-state index contributed by atoms with van der Waals surface area (Å²) < 4.78 is 12.7. The van der Waals surface area contributed by atoms with Crippen LogP contribution in [0.25, 0.3) is 5.76 Å². The van der Waals surface area contributed by atoms with Crippen LogP contribution < -0.4 is 4.74 Å². The van der Waals surface area contributed by atoms with E-state index < -0.39 is 14.4 Å². The highest BCUT2D eigenvalue weighted by Crippen LogP contribution is 2.45. The number of aliphatic hydroxyl groups excluding tert-OH is 1. The van der Waals surface area contributed by atoms with Gasteiger partial charge in [-0.05, 0) is 28.8 Å². The van der Waals surface area contributed by atoms with Crippen LogP contribution in [-0.2, 0) is 4.43 Å². The Morgan fingerprint density at radius 1 is 0.871 bits per heavy atom. The van der Waals surface area contributed by atoms with Gasteiger partial charge in [0.05, 0.1) is 6.10 Å². The molecule has 1 atom stereocenters. The first-order chi connectivity index (χ1) is 14.8. The molecule has 0 aliphatic carbocycles. The molecule has 3 nitrogen and oxygen atoms in total. The Morgan fingerprint density at radius 2 is 1.39 bits per heavy atom. The fourth-order valence-electron chi connectivity index (χ4n) is 4.29. The summed E-state index contributed by atoms with van der Waals surface area (Å²) in [6, 6.07) is 19.9. The number of ether oxygens (including phenoxy) is 1. The van der Waals surface area contributed by atoms with Crippen molar-refractivity contribution in [3.8, 4) is 5.75 Å². The largest absolute Gasteiger partial charge is 0.542 e. The molecule has 0 aromatic heterocycles. The van der Waals surface area contributed by atoms with Crippen LogP contribution in [0.3, 0.4) is 0 Å². The monoisotopic (exact) mass is 458 g/mol. The van der Waals surface area contributed by atoms with Gasteiger partial charge < -0.3 is 14.3 Å². The van der Waals surface area contributed by atoms with Gasteiger partial charge in [0.1, 0.15) is 18.1 Å². The van der Waals surface area contributed by atoms with E-state index in [1.54, 1.807) is 11.8 Å².